The molecule has 6 nitrogen and oxygen atoms in total. The van der Waals surface area contributed by atoms with Gasteiger partial charge < -0.3 is 15.0 Å². The second kappa shape index (κ2) is 7.73. The lowest BCUT2D eigenvalue weighted by atomic mass is 10.1. The Bertz CT molecular complexity index is 809. The molecule has 1 fully saturated rings. The van der Waals surface area contributed by atoms with Gasteiger partial charge in [-0.25, -0.2) is 9.37 Å². The van der Waals surface area contributed by atoms with E-state index >= 15 is 0 Å². The van der Waals surface area contributed by atoms with Gasteiger partial charge in [0.1, 0.15) is 17.4 Å². The number of halogens is 1. The zero-order chi connectivity index (χ0) is 19.4. The van der Waals surface area contributed by atoms with Gasteiger partial charge in [-0.15, -0.1) is 0 Å². The Hall–Kier alpha value is -2.96. The van der Waals surface area contributed by atoms with Crippen molar-refractivity contribution >= 4 is 17.6 Å². The summed E-state index contributed by atoms with van der Waals surface area (Å²) < 4.78 is 18.8. The number of likely N-dealkylation sites (tertiary alicyclic amines) is 1. The average molecular weight is 371 g/mol. The quantitative estimate of drug-likeness (QED) is 0.877. The summed E-state index contributed by atoms with van der Waals surface area (Å²) in [4.78, 5) is 31.0. The van der Waals surface area contributed by atoms with Gasteiger partial charge in [-0.2, -0.15) is 0 Å². The topological polar surface area (TPSA) is 71.5 Å². The summed E-state index contributed by atoms with van der Waals surface area (Å²) in [6.45, 7) is 4.14. The zero-order valence-electron chi connectivity index (χ0n) is 15.3. The summed E-state index contributed by atoms with van der Waals surface area (Å²) in [5.74, 6) is -0.114. The van der Waals surface area contributed by atoms with Crippen molar-refractivity contribution in [1.82, 2.24) is 9.88 Å². The van der Waals surface area contributed by atoms with Gasteiger partial charge in [0.2, 0.25) is 5.91 Å². The van der Waals surface area contributed by atoms with Gasteiger partial charge in [0.05, 0.1) is 5.92 Å². The van der Waals surface area contributed by atoms with Gasteiger partial charge >= 0.3 is 0 Å². The number of nitrogens with one attached hydrogen (secondary N) is 1. The van der Waals surface area contributed by atoms with Crippen molar-refractivity contribution in [2.75, 3.05) is 18.4 Å². The van der Waals surface area contributed by atoms with Crippen LogP contribution >= 0.6 is 0 Å². The molecule has 0 bridgehead atoms. The first-order chi connectivity index (χ1) is 12.8. The first-order valence-electron chi connectivity index (χ1n) is 8.81. The van der Waals surface area contributed by atoms with E-state index < -0.39 is 5.60 Å². The average Bonchev–Trinajstić information content (AvgIpc) is 3.14. The van der Waals surface area contributed by atoms with E-state index in [1.165, 1.54) is 24.3 Å². The number of hydrogen-bond acceptors (Lipinski definition) is 4. The van der Waals surface area contributed by atoms with Crippen LogP contribution < -0.4 is 10.1 Å². The first kappa shape index (κ1) is 18.8. The molecule has 1 aromatic carbocycles. The monoisotopic (exact) mass is 371 g/mol. The highest BCUT2D eigenvalue weighted by Gasteiger charge is 2.39. The van der Waals surface area contributed by atoms with Crippen molar-refractivity contribution in [1.29, 1.82) is 0 Å². The lowest BCUT2D eigenvalue weighted by Gasteiger charge is -2.30. The minimum Gasteiger partial charge on any atom is -0.478 e. The Labute approximate surface area is 157 Å². The summed E-state index contributed by atoms with van der Waals surface area (Å²) in [6.07, 6.45) is 2.19. The van der Waals surface area contributed by atoms with E-state index in [0.29, 0.717) is 31.1 Å². The summed E-state index contributed by atoms with van der Waals surface area (Å²) in [7, 11) is 0. The molecule has 142 valence electrons. The summed E-state index contributed by atoms with van der Waals surface area (Å²) in [5, 5.41) is 2.77. The maximum absolute atomic E-state index is 13.0. The molecule has 0 spiro atoms. The lowest BCUT2D eigenvalue weighted by molar-refractivity contribution is -0.144. The van der Waals surface area contributed by atoms with E-state index in [-0.39, 0.29) is 23.5 Å². The van der Waals surface area contributed by atoms with Gasteiger partial charge in [-0.1, -0.05) is 6.07 Å². The van der Waals surface area contributed by atoms with Crippen molar-refractivity contribution < 1.29 is 18.7 Å². The third-order valence-electron chi connectivity index (χ3n) is 4.46. The van der Waals surface area contributed by atoms with Crippen LogP contribution in [0.1, 0.15) is 20.3 Å². The standard InChI is InChI=1S/C20H22FN3O3/c1-20(2,27-16-8-6-15(21)7-9-16)19(26)24-12-10-14(13-24)18(25)23-17-5-3-4-11-22-17/h3-9,11,14H,10,12-13H2,1-2H3,(H,22,23,25). The highest BCUT2D eigenvalue weighted by Crippen LogP contribution is 2.25. The molecule has 1 aromatic heterocycles. The van der Waals surface area contributed by atoms with Crippen molar-refractivity contribution in [3.05, 3.63) is 54.5 Å². The van der Waals surface area contributed by atoms with E-state index in [9.17, 15) is 14.0 Å². The molecule has 2 heterocycles. The normalized spacial score (nSPS) is 16.9. The van der Waals surface area contributed by atoms with Crippen LogP contribution in [0.2, 0.25) is 0 Å². The van der Waals surface area contributed by atoms with Gasteiger partial charge in [0, 0.05) is 19.3 Å². The smallest absolute Gasteiger partial charge is 0.266 e. The minimum absolute atomic E-state index is 0.152. The number of carbonyl (C=O) groups excluding carboxylic acids is 2. The number of amides is 2. The molecule has 3 rings (SSSR count). The first-order valence-corrected chi connectivity index (χ1v) is 8.81. The van der Waals surface area contributed by atoms with Crippen molar-refractivity contribution in [3.63, 3.8) is 0 Å². The molecule has 0 saturated carbocycles. The fourth-order valence-electron chi connectivity index (χ4n) is 3.05. The zero-order valence-corrected chi connectivity index (χ0v) is 15.3. The van der Waals surface area contributed by atoms with Crippen LogP contribution in [-0.2, 0) is 9.59 Å². The predicted molar refractivity (Wildman–Crippen MR) is 98.7 cm³/mol. The van der Waals surface area contributed by atoms with E-state index in [0.717, 1.165) is 0 Å². The molecular weight excluding hydrogens is 349 g/mol. The Kier molecular flexibility index (Phi) is 5.39. The lowest BCUT2D eigenvalue weighted by Crippen LogP contribution is -2.48. The summed E-state index contributed by atoms with van der Waals surface area (Å²) in [5.41, 5.74) is -1.12. The second-order valence-corrected chi connectivity index (χ2v) is 7.01. The Morgan fingerprint density at radius 2 is 1.96 bits per heavy atom. The number of rotatable bonds is 5. The maximum atomic E-state index is 13.0. The second-order valence-electron chi connectivity index (χ2n) is 7.01. The molecule has 27 heavy (non-hydrogen) atoms. The number of benzene rings is 1. The maximum Gasteiger partial charge on any atom is 0.266 e. The van der Waals surface area contributed by atoms with Crippen LogP contribution in [0.5, 0.6) is 5.75 Å². The van der Waals surface area contributed by atoms with E-state index in [1.807, 2.05) is 0 Å². The van der Waals surface area contributed by atoms with Gasteiger partial charge in [-0.3, -0.25) is 9.59 Å². The van der Waals surface area contributed by atoms with Crippen LogP contribution in [-0.4, -0.2) is 40.4 Å². The molecule has 2 aromatic rings. The van der Waals surface area contributed by atoms with Crippen molar-refractivity contribution in [3.8, 4) is 5.75 Å². The fourth-order valence-corrected chi connectivity index (χ4v) is 3.05. The van der Waals surface area contributed by atoms with Crippen molar-refractivity contribution in [2.24, 2.45) is 5.92 Å². The van der Waals surface area contributed by atoms with Crippen LogP contribution in [0.25, 0.3) is 0 Å². The van der Waals surface area contributed by atoms with E-state index in [4.69, 9.17) is 4.74 Å². The van der Waals surface area contributed by atoms with E-state index in [1.54, 1.807) is 43.1 Å². The molecule has 0 radical (unpaired) electrons. The molecule has 1 N–H and O–H groups in total. The SMILES string of the molecule is CC(C)(Oc1ccc(F)cc1)C(=O)N1CCC(C(=O)Nc2ccccn2)C1. The number of nitrogens with zero attached hydrogens (tertiary/aromatic N) is 2. The highest BCUT2D eigenvalue weighted by atomic mass is 19.1. The van der Waals surface area contributed by atoms with Gasteiger partial charge in [0.15, 0.2) is 5.60 Å². The molecule has 1 saturated heterocycles. The molecule has 2 amide bonds. The van der Waals surface area contributed by atoms with Gasteiger partial charge in [0.25, 0.3) is 5.91 Å². The van der Waals surface area contributed by atoms with Gasteiger partial charge in [-0.05, 0) is 56.7 Å². The third-order valence-corrected chi connectivity index (χ3v) is 4.46. The highest BCUT2D eigenvalue weighted by molar-refractivity contribution is 5.93. The Morgan fingerprint density at radius 3 is 2.63 bits per heavy atom. The number of ether oxygens (including phenoxy) is 1. The van der Waals surface area contributed by atoms with Crippen LogP contribution in [0.4, 0.5) is 10.2 Å². The molecule has 7 heteroatoms. The number of carbonyl (C=O) groups is 2. The predicted octanol–water partition coefficient (Wildman–Crippen LogP) is 2.87. The van der Waals surface area contributed by atoms with Crippen LogP contribution in [0, 0.1) is 11.7 Å². The molecule has 0 aliphatic carbocycles. The molecule has 1 atom stereocenters. The Morgan fingerprint density at radius 1 is 1.22 bits per heavy atom. The summed E-state index contributed by atoms with van der Waals surface area (Å²) in [6, 6.07) is 10.8. The number of aromatic nitrogens is 1. The third kappa shape index (κ3) is 4.61. The number of pyridine rings is 1. The Balaban J connectivity index is 1.59. The molecule has 1 unspecified atom stereocenters. The molecular formula is C20H22FN3O3. The van der Waals surface area contributed by atoms with Crippen molar-refractivity contribution in [2.45, 2.75) is 25.9 Å². The van der Waals surface area contributed by atoms with E-state index in [2.05, 4.69) is 10.3 Å². The number of anilines is 1. The molecule has 1 aliphatic rings. The summed E-state index contributed by atoms with van der Waals surface area (Å²) >= 11 is 0. The number of hydrogen-bond donors (Lipinski definition) is 1. The molecule has 1 aliphatic heterocycles. The van der Waals surface area contributed by atoms with Crippen LogP contribution in [0.3, 0.4) is 0 Å². The van der Waals surface area contributed by atoms with Crippen LogP contribution in [0.15, 0.2) is 48.7 Å². The largest absolute Gasteiger partial charge is 0.478 e. The fraction of sp³-hybridized carbons (Fsp3) is 0.350. The minimum atomic E-state index is -1.12.